The third-order valence-electron chi connectivity index (χ3n) is 5.79. The second-order valence-corrected chi connectivity index (χ2v) is 10.2. The smallest absolute Gasteiger partial charge is 0.264 e. The normalized spacial score (nSPS) is 11.2. The summed E-state index contributed by atoms with van der Waals surface area (Å²) < 4.78 is 35.2. The average Bonchev–Trinajstić information content (AvgIpc) is 3.32. The summed E-state index contributed by atoms with van der Waals surface area (Å²) >= 11 is 0. The molecule has 186 valence electrons. The summed E-state index contributed by atoms with van der Waals surface area (Å²) in [6.45, 7) is 3.75. The molecular formula is C27H28N4O4S. The molecule has 9 heteroatoms. The SMILES string of the molecule is COc1ccc(S(=O)(=O)N(CC(=O)NCc2ccc(-n3ccnc3C)cc2)c2ccc(C)cc2)cc1. The highest BCUT2D eigenvalue weighted by atomic mass is 32.2. The van der Waals surface area contributed by atoms with Crippen molar-refractivity contribution in [1.82, 2.24) is 14.9 Å². The van der Waals surface area contributed by atoms with E-state index in [0.717, 1.165) is 26.9 Å². The van der Waals surface area contributed by atoms with Crippen LogP contribution < -0.4 is 14.4 Å². The topological polar surface area (TPSA) is 93.5 Å². The number of carbonyl (C=O) groups excluding carboxylic acids is 1. The molecule has 3 aromatic carbocycles. The van der Waals surface area contributed by atoms with Crippen LogP contribution >= 0.6 is 0 Å². The van der Waals surface area contributed by atoms with Gasteiger partial charge < -0.3 is 14.6 Å². The number of hydrogen-bond acceptors (Lipinski definition) is 5. The van der Waals surface area contributed by atoms with Gasteiger partial charge in [0.2, 0.25) is 5.91 Å². The molecule has 0 bridgehead atoms. The number of nitrogens with one attached hydrogen (secondary N) is 1. The number of methoxy groups -OCH3 is 1. The van der Waals surface area contributed by atoms with Crippen molar-refractivity contribution in [3.8, 4) is 11.4 Å². The van der Waals surface area contributed by atoms with Crippen molar-refractivity contribution in [2.24, 2.45) is 0 Å². The maximum Gasteiger partial charge on any atom is 0.264 e. The second kappa shape index (κ2) is 10.7. The number of nitrogens with zero attached hydrogens (tertiary/aromatic N) is 3. The van der Waals surface area contributed by atoms with Crippen molar-refractivity contribution >= 4 is 21.6 Å². The van der Waals surface area contributed by atoms with E-state index in [1.165, 1.54) is 19.2 Å². The molecule has 4 aromatic rings. The number of anilines is 1. The van der Waals surface area contributed by atoms with E-state index in [0.29, 0.717) is 11.4 Å². The first-order chi connectivity index (χ1) is 17.3. The number of rotatable bonds is 9. The lowest BCUT2D eigenvalue weighted by Crippen LogP contribution is -2.40. The molecule has 0 atom stereocenters. The molecule has 4 rings (SSSR count). The Hall–Kier alpha value is -4.11. The molecule has 36 heavy (non-hydrogen) atoms. The Morgan fingerprint density at radius 1 is 0.972 bits per heavy atom. The standard InChI is InChI=1S/C27H28N4O4S/c1-20-4-8-24(9-5-20)31(36(33,34)26-14-12-25(35-3)13-15-26)19-27(32)29-18-22-6-10-23(11-7-22)30-17-16-28-21(30)2/h4-17H,18-19H2,1-3H3,(H,29,32). The van der Waals surface area contributed by atoms with Crippen LogP contribution in [0.1, 0.15) is 17.0 Å². The zero-order chi connectivity index (χ0) is 25.7. The highest BCUT2D eigenvalue weighted by Gasteiger charge is 2.27. The first-order valence-corrected chi connectivity index (χ1v) is 12.8. The summed E-state index contributed by atoms with van der Waals surface area (Å²) in [6, 6.07) is 20.8. The Balaban J connectivity index is 1.50. The maximum atomic E-state index is 13.5. The summed E-state index contributed by atoms with van der Waals surface area (Å²) in [7, 11) is -2.48. The molecule has 1 aromatic heterocycles. The number of ether oxygens (including phenoxy) is 1. The minimum absolute atomic E-state index is 0.0714. The van der Waals surface area contributed by atoms with E-state index >= 15 is 0 Å². The largest absolute Gasteiger partial charge is 0.497 e. The van der Waals surface area contributed by atoms with Crippen molar-refractivity contribution in [3.63, 3.8) is 0 Å². The molecule has 0 saturated carbocycles. The van der Waals surface area contributed by atoms with Crippen LogP contribution in [0.5, 0.6) is 5.75 Å². The van der Waals surface area contributed by atoms with E-state index in [4.69, 9.17) is 4.74 Å². The summed E-state index contributed by atoms with van der Waals surface area (Å²) in [4.78, 5) is 17.2. The number of imidazole rings is 1. The van der Waals surface area contributed by atoms with Crippen molar-refractivity contribution in [3.05, 3.63) is 102 Å². The van der Waals surface area contributed by atoms with Gasteiger partial charge in [-0.15, -0.1) is 0 Å². The zero-order valence-corrected chi connectivity index (χ0v) is 21.2. The Morgan fingerprint density at radius 3 is 2.22 bits per heavy atom. The number of sulfonamides is 1. The molecule has 0 radical (unpaired) electrons. The minimum atomic E-state index is -4.00. The zero-order valence-electron chi connectivity index (χ0n) is 20.4. The summed E-state index contributed by atoms with van der Waals surface area (Å²) in [5.41, 5.74) is 3.26. The molecular weight excluding hydrogens is 476 g/mol. The van der Waals surface area contributed by atoms with E-state index < -0.39 is 15.9 Å². The van der Waals surface area contributed by atoms with Crippen LogP contribution in [0.25, 0.3) is 5.69 Å². The van der Waals surface area contributed by atoms with Crippen LogP contribution in [0, 0.1) is 13.8 Å². The van der Waals surface area contributed by atoms with Gasteiger partial charge in [0.15, 0.2) is 0 Å². The number of carbonyl (C=O) groups is 1. The van der Waals surface area contributed by atoms with Gasteiger partial charge in [0, 0.05) is 24.6 Å². The lowest BCUT2D eigenvalue weighted by atomic mass is 10.2. The Labute approximate surface area is 211 Å². The van der Waals surface area contributed by atoms with E-state index in [1.807, 2.05) is 61.0 Å². The summed E-state index contributed by atoms with van der Waals surface area (Å²) in [6.07, 6.45) is 3.62. The van der Waals surface area contributed by atoms with Crippen molar-refractivity contribution in [1.29, 1.82) is 0 Å². The average molecular weight is 505 g/mol. The predicted molar refractivity (Wildman–Crippen MR) is 139 cm³/mol. The van der Waals surface area contributed by atoms with Crippen LogP contribution in [0.3, 0.4) is 0 Å². The molecule has 0 aliphatic rings. The van der Waals surface area contributed by atoms with E-state index in [9.17, 15) is 13.2 Å². The van der Waals surface area contributed by atoms with E-state index in [-0.39, 0.29) is 18.0 Å². The van der Waals surface area contributed by atoms with Crippen molar-refractivity contribution in [2.45, 2.75) is 25.3 Å². The van der Waals surface area contributed by atoms with Gasteiger partial charge in [0.25, 0.3) is 10.0 Å². The number of benzene rings is 3. The Kier molecular flexibility index (Phi) is 7.40. The van der Waals surface area contributed by atoms with Gasteiger partial charge in [-0.3, -0.25) is 9.10 Å². The first-order valence-electron chi connectivity index (χ1n) is 11.4. The quantitative estimate of drug-likeness (QED) is 0.372. The highest BCUT2D eigenvalue weighted by Crippen LogP contribution is 2.25. The third-order valence-corrected chi connectivity index (χ3v) is 7.57. The molecule has 1 N–H and O–H groups in total. The van der Waals surface area contributed by atoms with Crippen LogP contribution in [-0.4, -0.2) is 37.5 Å². The fraction of sp³-hybridized carbons (Fsp3) is 0.185. The van der Waals surface area contributed by atoms with Gasteiger partial charge in [0.05, 0.1) is 17.7 Å². The fourth-order valence-electron chi connectivity index (χ4n) is 3.71. The summed E-state index contributed by atoms with van der Waals surface area (Å²) in [5.74, 6) is 1.01. The Bertz CT molecular complexity index is 1430. The summed E-state index contributed by atoms with van der Waals surface area (Å²) in [5, 5.41) is 2.83. The van der Waals surface area contributed by atoms with Gasteiger partial charge in [0.1, 0.15) is 18.1 Å². The van der Waals surface area contributed by atoms with Crippen LogP contribution in [0.4, 0.5) is 5.69 Å². The van der Waals surface area contributed by atoms with Gasteiger partial charge in [-0.1, -0.05) is 29.8 Å². The lowest BCUT2D eigenvalue weighted by molar-refractivity contribution is -0.119. The second-order valence-electron chi connectivity index (χ2n) is 8.31. The monoisotopic (exact) mass is 504 g/mol. The van der Waals surface area contributed by atoms with Gasteiger partial charge in [-0.2, -0.15) is 0 Å². The minimum Gasteiger partial charge on any atom is -0.497 e. The van der Waals surface area contributed by atoms with Crippen LogP contribution in [0.2, 0.25) is 0 Å². The maximum absolute atomic E-state index is 13.5. The van der Waals surface area contributed by atoms with Crippen molar-refractivity contribution in [2.75, 3.05) is 18.0 Å². The molecule has 0 aliphatic carbocycles. The third kappa shape index (κ3) is 5.58. The molecule has 8 nitrogen and oxygen atoms in total. The molecule has 0 saturated heterocycles. The lowest BCUT2D eigenvalue weighted by Gasteiger charge is -2.24. The Morgan fingerprint density at radius 2 is 1.64 bits per heavy atom. The number of hydrogen-bond donors (Lipinski definition) is 1. The molecule has 1 heterocycles. The van der Waals surface area contributed by atoms with Gasteiger partial charge in [-0.25, -0.2) is 13.4 Å². The van der Waals surface area contributed by atoms with Crippen molar-refractivity contribution < 1.29 is 17.9 Å². The van der Waals surface area contributed by atoms with Crippen LogP contribution in [0.15, 0.2) is 90.1 Å². The highest BCUT2D eigenvalue weighted by molar-refractivity contribution is 7.92. The number of aromatic nitrogens is 2. The van der Waals surface area contributed by atoms with Gasteiger partial charge in [-0.05, 0) is 67.9 Å². The number of aryl methyl sites for hydroxylation is 2. The molecule has 0 fully saturated rings. The van der Waals surface area contributed by atoms with Gasteiger partial charge >= 0.3 is 0 Å². The molecule has 0 spiro atoms. The van der Waals surface area contributed by atoms with Crippen LogP contribution in [-0.2, 0) is 21.4 Å². The van der Waals surface area contributed by atoms with E-state index in [1.54, 1.807) is 30.5 Å². The first kappa shape index (κ1) is 25.0. The van der Waals surface area contributed by atoms with E-state index in [2.05, 4.69) is 10.3 Å². The predicted octanol–water partition coefficient (Wildman–Crippen LogP) is 4.01. The molecule has 1 amide bonds. The fourth-order valence-corrected chi connectivity index (χ4v) is 5.13. The molecule has 0 unspecified atom stereocenters. The molecule has 0 aliphatic heterocycles. The number of amides is 1.